The number of hydrogen-bond acceptors (Lipinski definition) is 5. The van der Waals surface area contributed by atoms with Gasteiger partial charge in [-0.25, -0.2) is 14.4 Å². The molecule has 0 radical (unpaired) electrons. The number of esters is 1. The van der Waals surface area contributed by atoms with E-state index in [9.17, 15) is 19.5 Å². The molecule has 0 spiro atoms. The molecule has 0 aliphatic rings. The van der Waals surface area contributed by atoms with Crippen LogP contribution in [0.3, 0.4) is 0 Å². The molecule has 1 aromatic heterocycles. The quantitative estimate of drug-likeness (QED) is 0.524. The topological polar surface area (TPSA) is 107 Å². The highest BCUT2D eigenvalue weighted by Gasteiger charge is 2.25. The first-order valence-electron chi connectivity index (χ1n) is 8.97. The highest BCUT2D eigenvalue weighted by molar-refractivity contribution is 9.10. The summed E-state index contributed by atoms with van der Waals surface area (Å²) >= 11 is 3.33. The maximum Gasteiger partial charge on any atom is 0.416 e. The van der Waals surface area contributed by atoms with Crippen molar-refractivity contribution in [2.75, 3.05) is 7.11 Å². The molecule has 1 unspecified atom stereocenters. The van der Waals surface area contributed by atoms with Crippen LogP contribution < -0.4 is 5.32 Å². The predicted molar refractivity (Wildman–Crippen MR) is 112 cm³/mol. The summed E-state index contributed by atoms with van der Waals surface area (Å²) in [7, 11) is 1.21. The maximum atomic E-state index is 12.2. The number of rotatable bonds is 6. The van der Waals surface area contributed by atoms with Crippen LogP contribution >= 0.6 is 15.9 Å². The minimum absolute atomic E-state index is 0.0333. The normalized spacial score (nSPS) is 11.7. The van der Waals surface area contributed by atoms with Crippen LogP contribution in [0.5, 0.6) is 0 Å². The van der Waals surface area contributed by atoms with Crippen LogP contribution in [0.1, 0.15) is 11.1 Å². The molecule has 30 heavy (non-hydrogen) atoms. The van der Waals surface area contributed by atoms with Crippen molar-refractivity contribution in [3.8, 4) is 0 Å². The number of halogens is 1. The molecule has 0 aliphatic heterocycles. The third kappa shape index (κ3) is 4.98. The molecule has 9 heteroatoms. The number of alkyl carbamates (subject to hydrolysis) is 1. The molecule has 0 saturated carbocycles. The summed E-state index contributed by atoms with van der Waals surface area (Å²) in [6.07, 6.45) is -0.481. The van der Waals surface area contributed by atoms with E-state index in [2.05, 4.69) is 21.2 Å². The Morgan fingerprint density at radius 2 is 1.90 bits per heavy atom. The van der Waals surface area contributed by atoms with E-state index in [4.69, 9.17) is 9.47 Å². The average molecular weight is 475 g/mol. The molecule has 1 amide bonds. The molecular formula is C21H19BrN2O6. The largest absolute Gasteiger partial charge is 0.467 e. The standard InChI is InChI=1S/C21H19BrN2O6/c1-29-19(25)17(23-20(26)30-12-13-5-3-2-4-6-13)9-14-11-24(21(27)28)18-10-15(22)7-8-16(14)18/h2-8,10-11,17H,9,12H2,1H3,(H,23,26)(H,27,28). The van der Waals surface area contributed by atoms with E-state index in [1.54, 1.807) is 18.2 Å². The first kappa shape index (κ1) is 21.4. The van der Waals surface area contributed by atoms with Gasteiger partial charge in [0.25, 0.3) is 0 Å². The third-order valence-corrected chi connectivity index (χ3v) is 4.96. The summed E-state index contributed by atoms with van der Waals surface area (Å²) in [4.78, 5) is 36.0. The molecule has 0 bridgehead atoms. The van der Waals surface area contributed by atoms with Gasteiger partial charge in [-0.2, -0.15) is 0 Å². The van der Waals surface area contributed by atoms with E-state index in [1.807, 2.05) is 30.3 Å². The fourth-order valence-electron chi connectivity index (χ4n) is 3.05. The summed E-state index contributed by atoms with van der Waals surface area (Å²) in [6.45, 7) is 0.0485. The van der Waals surface area contributed by atoms with E-state index < -0.39 is 24.2 Å². The Morgan fingerprint density at radius 3 is 2.57 bits per heavy atom. The maximum absolute atomic E-state index is 12.2. The van der Waals surface area contributed by atoms with Crippen molar-refractivity contribution in [2.24, 2.45) is 0 Å². The molecule has 3 aromatic rings. The molecule has 1 atom stereocenters. The zero-order valence-electron chi connectivity index (χ0n) is 16.0. The van der Waals surface area contributed by atoms with Crippen molar-refractivity contribution in [1.29, 1.82) is 0 Å². The van der Waals surface area contributed by atoms with E-state index >= 15 is 0 Å². The second-order valence-corrected chi connectivity index (χ2v) is 7.37. The van der Waals surface area contributed by atoms with Gasteiger partial charge in [0.1, 0.15) is 12.6 Å². The molecule has 0 saturated heterocycles. The van der Waals surface area contributed by atoms with Crippen LogP contribution in [-0.2, 0) is 27.3 Å². The van der Waals surface area contributed by atoms with Gasteiger partial charge in [-0.15, -0.1) is 0 Å². The lowest BCUT2D eigenvalue weighted by molar-refractivity contribution is -0.142. The minimum atomic E-state index is -1.16. The fourth-order valence-corrected chi connectivity index (χ4v) is 3.40. The second-order valence-electron chi connectivity index (χ2n) is 6.45. The summed E-state index contributed by atoms with van der Waals surface area (Å²) < 4.78 is 11.8. The number of nitrogens with zero attached hydrogens (tertiary/aromatic N) is 1. The van der Waals surface area contributed by atoms with Gasteiger partial charge in [-0.1, -0.05) is 52.3 Å². The number of carboxylic acid groups (broad SMARTS) is 1. The van der Waals surface area contributed by atoms with Gasteiger partial charge in [0, 0.05) is 22.5 Å². The van der Waals surface area contributed by atoms with Crippen molar-refractivity contribution in [2.45, 2.75) is 19.1 Å². The van der Waals surface area contributed by atoms with Crippen molar-refractivity contribution in [3.05, 3.63) is 70.3 Å². The summed E-state index contributed by atoms with van der Waals surface area (Å²) in [5, 5.41) is 12.6. The van der Waals surface area contributed by atoms with Crippen LogP contribution in [0.25, 0.3) is 10.9 Å². The molecule has 0 aliphatic carbocycles. The smallest absolute Gasteiger partial charge is 0.416 e. The number of nitrogens with one attached hydrogen (secondary N) is 1. The van der Waals surface area contributed by atoms with Crippen LogP contribution in [-0.4, -0.2) is 41.0 Å². The monoisotopic (exact) mass is 474 g/mol. The van der Waals surface area contributed by atoms with Crippen LogP contribution in [0.4, 0.5) is 9.59 Å². The van der Waals surface area contributed by atoms with E-state index in [0.717, 1.165) is 10.1 Å². The Labute approximate surface area is 180 Å². The van der Waals surface area contributed by atoms with E-state index in [-0.39, 0.29) is 13.0 Å². The van der Waals surface area contributed by atoms with Gasteiger partial charge in [-0.05, 0) is 23.3 Å². The number of ether oxygens (including phenoxy) is 2. The molecule has 2 aromatic carbocycles. The SMILES string of the molecule is COC(=O)C(Cc1cn(C(=O)O)c2cc(Br)ccc12)NC(=O)OCc1ccccc1. The predicted octanol–water partition coefficient (Wildman–Crippen LogP) is 3.94. The minimum Gasteiger partial charge on any atom is -0.467 e. The van der Waals surface area contributed by atoms with Crippen LogP contribution in [0.15, 0.2) is 59.2 Å². The first-order chi connectivity index (χ1) is 14.4. The second kappa shape index (κ2) is 9.45. The van der Waals surface area contributed by atoms with E-state index in [1.165, 1.54) is 13.3 Å². The number of methoxy groups -OCH3 is 1. The molecular weight excluding hydrogens is 456 g/mol. The number of carbonyl (C=O) groups is 3. The van der Waals surface area contributed by atoms with Gasteiger partial charge < -0.3 is 19.9 Å². The van der Waals surface area contributed by atoms with Gasteiger partial charge in [0.2, 0.25) is 0 Å². The lowest BCUT2D eigenvalue weighted by atomic mass is 10.1. The Balaban J connectivity index is 1.79. The van der Waals surface area contributed by atoms with Crippen molar-refractivity contribution in [1.82, 2.24) is 9.88 Å². The van der Waals surface area contributed by atoms with Crippen LogP contribution in [0.2, 0.25) is 0 Å². The van der Waals surface area contributed by atoms with Crippen LogP contribution in [0, 0.1) is 0 Å². The molecule has 1 heterocycles. The number of hydrogen-bond donors (Lipinski definition) is 2. The Bertz CT molecular complexity index is 1080. The molecule has 8 nitrogen and oxygen atoms in total. The third-order valence-electron chi connectivity index (χ3n) is 4.47. The first-order valence-corrected chi connectivity index (χ1v) is 9.76. The molecule has 2 N–H and O–H groups in total. The van der Waals surface area contributed by atoms with Crippen molar-refractivity contribution in [3.63, 3.8) is 0 Å². The zero-order valence-corrected chi connectivity index (χ0v) is 17.6. The number of aromatic nitrogens is 1. The Kier molecular flexibility index (Phi) is 6.73. The number of benzene rings is 2. The van der Waals surface area contributed by atoms with Gasteiger partial charge in [0.05, 0.1) is 12.6 Å². The average Bonchev–Trinajstić information content (AvgIpc) is 3.09. The zero-order chi connectivity index (χ0) is 21.7. The summed E-state index contributed by atoms with van der Waals surface area (Å²) in [5.74, 6) is -0.667. The highest BCUT2D eigenvalue weighted by Crippen LogP contribution is 2.26. The summed E-state index contributed by atoms with van der Waals surface area (Å²) in [5.41, 5.74) is 1.83. The number of carbonyl (C=O) groups excluding carboxylic acids is 2. The number of fused-ring (bicyclic) bond motifs is 1. The lowest BCUT2D eigenvalue weighted by Gasteiger charge is -2.16. The molecule has 3 rings (SSSR count). The van der Waals surface area contributed by atoms with Gasteiger partial charge in [0.15, 0.2) is 0 Å². The molecule has 156 valence electrons. The molecule has 0 fully saturated rings. The van der Waals surface area contributed by atoms with E-state index in [0.29, 0.717) is 20.9 Å². The van der Waals surface area contributed by atoms with Gasteiger partial charge in [-0.3, -0.25) is 4.57 Å². The Hall–Kier alpha value is -3.33. The Morgan fingerprint density at radius 1 is 1.17 bits per heavy atom. The summed E-state index contributed by atoms with van der Waals surface area (Å²) in [6, 6.07) is 13.3. The van der Waals surface area contributed by atoms with Gasteiger partial charge >= 0.3 is 18.2 Å². The number of amides is 1. The fraction of sp³-hybridized carbons (Fsp3) is 0.190. The lowest BCUT2D eigenvalue weighted by Crippen LogP contribution is -2.43. The highest BCUT2D eigenvalue weighted by atomic mass is 79.9. The van der Waals surface area contributed by atoms with Crippen molar-refractivity contribution < 1.29 is 29.0 Å². The van der Waals surface area contributed by atoms with Crippen molar-refractivity contribution >= 4 is 45.0 Å².